The number of nitrogens with one attached hydrogen (secondary N) is 1. The molecule has 2 bridgehead atoms. The van der Waals surface area contributed by atoms with Crippen LogP contribution in [-0.4, -0.2) is 59.5 Å². The Hall–Kier alpha value is -3.09. The van der Waals surface area contributed by atoms with Crippen LogP contribution in [0.2, 0.25) is 5.02 Å². The highest BCUT2D eigenvalue weighted by Gasteiger charge is 2.45. The number of nitriles is 1. The highest BCUT2D eigenvalue weighted by atomic mass is 35.5. The fraction of sp³-hybridized carbons (Fsp3) is 0.478. The molecule has 2 unspecified atom stereocenters. The molecule has 1 aliphatic carbocycles. The maximum Gasteiger partial charge on any atom is 0.410 e. The Balaban J connectivity index is 1.30. The lowest BCUT2D eigenvalue weighted by Crippen LogP contribution is -2.58. The minimum atomic E-state index is -0.239. The van der Waals surface area contributed by atoms with Crippen molar-refractivity contribution in [3.05, 3.63) is 40.7 Å². The van der Waals surface area contributed by atoms with E-state index < -0.39 is 0 Å². The molecule has 5 rings (SSSR count). The van der Waals surface area contributed by atoms with Crippen LogP contribution in [0.1, 0.15) is 24.0 Å². The van der Waals surface area contributed by atoms with Gasteiger partial charge in [-0.05, 0) is 38.0 Å². The number of halogens is 1. The largest absolute Gasteiger partial charge is 0.473 e. The molecular formula is C23H24ClN5O4. The first-order valence-corrected chi connectivity index (χ1v) is 11.4. The van der Waals surface area contributed by atoms with Gasteiger partial charge in [-0.25, -0.2) is 14.8 Å². The second-order valence-corrected chi connectivity index (χ2v) is 9.12. The molecule has 2 aromatic rings. The van der Waals surface area contributed by atoms with Gasteiger partial charge in [-0.15, -0.1) is 0 Å². The molecule has 1 N–H and O–H groups in total. The second-order valence-electron chi connectivity index (χ2n) is 8.71. The van der Waals surface area contributed by atoms with Gasteiger partial charge in [0, 0.05) is 24.9 Å². The Bertz CT molecular complexity index is 1090. The van der Waals surface area contributed by atoms with Gasteiger partial charge >= 0.3 is 6.09 Å². The lowest BCUT2D eigenvalue weighted by molar-refractivity contribution is -0.110. The summed E-state index contributed by atoms with van der Waals surface area (Å²) < 4.78 is 17.6. The number of likely N-dealkylation sites (tertiary alicyclic amines) is 1. The molecule has 3 aliphatic rings. The fourth-order valence-corrected chi connectivity index (χ4v) is 4.49. The van der Waals surface area contributed by atoms with E-state index in [2.05, 4.69) is 21.4 Å². The lowest BCUT2D eigenvalue weighted by atomic mass is 9.84. The van der Waals surface area contributed by atoms with Crippen molar-refractivity contribution < 1.29 is 19.0 Å². The average molecular weight is 470 g/mol. The van der Waals surface area contributed by atoms with Gasteiger partial charge in [0.05, 0.1) is 41.1 Å². The van der Waals surface area contributed by atoms with E-state index in [1.807, 2.05) is 6.92 Å². The number of hydrogen-bond acceptors (Lipinski definition) is 8. The summed E-state index contributed by atoms with van der Waals surface area (Å²) in [5, 5.41) is 12.7. The summed E-state index contributed by atoms with van der Waals surface area (Å²) in [4.78, 5) is 22.9. The smallest absolute Gasteiger partial charge is 0.410 e. The summed E-state index contributed by atoms with van der Waals surface area (Å²) in [6, 6.07) is 7.09. The highest BCUT2D eigenvalue weighted by molar-refractivity contribution is 6.33. The number of benzene rings is 1. The number of rotatable bonds is 5. The van der Waals surface area contributed by atoms with E-state index in [4.69, 9.17) is 31.1 Å². The summed E-state index contributed by atoms with van der Waals surface area (Å²) >= 11 is 6.30. The van der Waals surface area contributed by atoms with Gasteiger partial charge in [0.1, 0.15) is 24.4 Å². The van der Waals surface area contributed by atoms with Gasteiger partial charge in [-0.3, -0.25) is 0 Å². The number of piperidine rings is 1. The van der Waals surface area contributed by atoms with E-state index in [9.17, 15) is 4.79 Å². The first-order chi connectivity index (χ1) is 16.0. The molecule has 0 radical (unpaired) electrons. The van der Waals surface area contributed by atoms with Crippen molar-refractivity contribution in [3.63, 3.8) is 0 Å². The number of hydrogen-bond donors (Lipinski definition) is 1. The third kappa shape index (κ3) is 4.68. The van der Waals surface area contributed by atoms with E-state index in [1.165, 1.54) is 6.33 Å². The lowest BCUT2D eigenvalue weighted by Gasteiger charge is -2.45. The Kier molecular flexibility index (Phi) is 5.96. The van der Waals surface area contributed by atoms with E-state index >= 15 is 0 Å². The van der Waals surface area contributed by atoms with Crippen LogP contribution in [-0.2, 0) is 9.47 Å². The maximum absolute atomic E-state index is 12.4. The van der Waals surface area contributed by atoms with Gasteiger partial charge < -0.3 is 24.4 Å². The van der Waals surface area contributed by atoms with Gasteiger partial charge in [0.15, 0.2) is 0 Å². The number of carbonyl (C=O) groups excluding carboxylic acids is 1. The maximum atomic E-state index is 12.4. The van der Waals surface area contributed by atoms with Crippen molar-refractivity contribution in [2.75, 3.05) is 31.6 Å². The van der Waals surface area contributed by atoms with Crippen LogP contribution in [0.25, 0.3) is 0 Å². The molecule has 2 saturated heterocycles. The molecule has 1 aromatic heterocycles. The number of aromatic nitrogens is 2. The zero-order valence-corrected chi connectivity index (χ0v) is 18.9. The minimum absolute atomic E-state index is 0.0306. The zero-order valence-electron chi connectivity index (χ0n) is 18.2. The van der Waals surface area contributed by atoms with Crippen LogP contribution in [0.3, 0.4) is 0 Å². The predicted octanol–water partition coefficient (Wildman–Crippen LogP) is 3.68. The topological polar surface area (TPSA) is 110 Å². The average Bonchev–Trinajstić information content (AvgIpc) is 3.61. The summed E-state index contributed by atoms with van der Waals surface area (Å²) in [5.74, 6) is 1.11. The zero-order chi connectivity index (χ0) is 22.9. The van der Waals surface area contributed by atoms with Gasteiger partial charge in [-0.2, -0.15) is 5.26 Å². The van der Waals surface area contributed by atoms with Crippen molar-refractivity contribution in [1.82, 2.24) is 14.9 Å². The predicted molar refractivity (Wildman–Crippen MR) is 120 cm³/mol. The molecule has 172 valence electrons. The number of fused-ring (bicyclic) bond motifs is 2. The number of nitrogens with zero attached hydrogens (tertiary/aromatic N) is 4. The number of ether oxygens (including phenoxy) is 3. The van der Waals surface area contributed by atoms with E-state index in [0.717, 1.165) is 18.4 Å². The van der Waals surface area contributed by atoms with Crippen molar-refractivity contribution in [1.29, 1.82) is 5.26 Å². The van der Waals surface area contributed by atoms with Gasteiger partial charge in [-0.1, -0.05) is 11.6 Å². The van der Waals surface area contributed by atoms with Crippen LogP contribution < -0.4 is 10.1 Å². The molecule has 3 fully saturated rings. The third-order valence-electron chi connectivity index (χ3n) is 6.19. The van der Waals surface area contributed by atoms with Crippen LogP contribution in [0, 0.1) is 30.1 Å². The molecule has 1 amide bonds. The number of amides is 1. The standard InChI is InChI=1S/C23H24ClN5O4/c1-13-21(28-19-5-2-14(7-25)6-18(19)24)26-12-27-22(13)33-20-15-8-29(9-16(20)11-31-10-15)23(30)32-17-3-4-17/h2,5-6,12,15-17,20H,3-4,8-11H2,1H3,(H,26,27,28). The van der Waals surface area contributed by atoms with E-state index in [0.29, 0.717) is 54.3 Å². The minimum Gasteiger partial charge on any atom is -0.473 e. The summed E-state index contributed by atoms with van der Waals surface area (Å²) in [5.41, 5.74) is 1.86. The van der Waals surface area contributed by atoms with Crippen molar-refractivity contribution in [2.24, 2.45) is 11.8 Å². The Labute approximate surface area is 196 Å². The van der Waals surface area contributed by atoms with Crippen LogP contribution >= 0.6 is 11.6 Å². The molecule has 2 atom stereocenters. The summed E-state index contributed by atoms with van der Waals surface area (Å²) in [6.45, 7) is 3.98. The molecule has 1 aromatic carbocycles. The molecule has 3 heterocycles. The number of carbonyl (C=O) groups is 1. The quantitative estimate of drug-likeness (QED) is 0.706. The molecule has 1 saturated carbocycles. The molecule has 10 heteroatoms. The SMILES string of the molecule is Cc1c(Nc2ccc(C#N)cc2Cl)ncnc1OC1C2COCC1CN(C(=O)OC1CC1)C2. The van der Waals surface area contributed by atoms with Gasteiger partial charge in [0.25, 0.3) is 0 Å². The second kappa shape index (κ2) is 9.04. The summed E-state index contributed by atoms with van der Waals surface area (Å²) in [6.07, 6.45) is 3.08. The molecule has 0 spiro atoms. The monoisotopic (exact) mass is 469 g/mol. The first-order valence-electron chi connectivity index (χ1n) is 11.0. The van der Waals surface area contributed by atoms with Crippen molar-refractivity contribution in [2.45, 2.75) is 32.0 Å². The molecular weight excluding hydrogens is 446 g/mol. The van der Waals surface area contributed by atoms with Crippen molar-refractivity contribution >= 4 is 29.2 Å². The Morgan fingerprint density at radius 3 is 2.70 bits per heavy atom. The van der Waals surface area contributed by atoms with Crippen LogP contribution in [0.15, 0.2) is 24.5 Å². The molecule has 9 nitrogen and oxygen atoms in total. The molecule has 33 heavy (non-hydrogen) atoms. The van der Waals surface area contributed by atoms with Crippen molar-refractivity contribution in [3.8, 4) is 11.9 Å². The van der Waals surface area contributed by atoms with Crippen LogP contribution in [0.4, 0.5) is 16.3 Å². The van der Waals surface area contributed by atoms with E-state index in [1.54, 1.807) is 23.1 Å². The van der Waals surface area contributed by atoms with E-state index in [-0.39, 0.29) is 30.1 Å². The summed E-state index contributed by atoms with van der Waals surface area (Å²) in [7, 11) is 0. The van der Waals surface area contributed by atoms with Gasteiger partial charge in [0.2, 0.25) is 5.88 Å². The fourth-order valence-electron chi connectivity index (χ4n) is 4.27. The Morgan fingerprint density at radius 2 is 2.03 bits per heavy atom. The normalized spacial score (nSPS) is 24.0. The molecule has 2 aliphatic heterocycles. The number of anilines is 2. The van der Waals surface area contributed by atoms with Crippen LogP contribution in [0.5, 0.6) is 5.88 Å². The Morgan fingerprint density at radius 1 is 1.27 bits per heavy atom. The first kappa shape index (κ1) is 21.7. The third-order valence-corrected chi connectivity index (χ3v) is 6.50. The highest BCUT2D eigenvalue weighted by Crippen LogP contribution is 2.35.